The highest BCUT2D eigenvalue weighted by atomic mass is 79.9. The van der Waals surface area contributed by atoms with Crippen LogP contribution in [0.1, 0.15) is 29.7 Å². The Bertz CT molecular complexity index is 311. The highest BCUT2D eigenvalue weighted by Crippen LogP contribution is 2.33. The minimum Gasteiger partial charge on any atom is -0.240 e. The van der Waals surface area contributed by atoms with Crippen LogP contribution in [0, 0.1) is 0 Å². The molecule has 1 rings (SSSR count). The fourth-order valence-electron chi connectivity index (χ4n) is 1.06. The van der Waals surface area contributed by atoms with E-state index in [4.69, 9.17) is 0 Å². The summed E-state index contributed by atoms with van der Waals surface area (Å²) in [5.41, 5.74) is 0. The molecule has 0 amide bonds. The van der Waals surface area contributed by atoms with Crippen LogP contribution in [-0.2, 0) is 12.6 Å². The van der Waals surface area contributed by atoms with E-state index in [1.165, 1.54) is 6.20 Å². The maximum Gasteiger partial charge on any atom is 0.443 e. The third-order valence-electron chi connectivity index (χ3n) is 1.94. The summed E-state index contributed by atoms with van der Waals surface area (Å²) in [6.07, 6.45) is -0.511. The van der Waals surface area contributed by atoms with E-state index in [1.807, 2.05) is 6.92 Å². The third-order valence-corrected chi connectivity index (χ3v) is 4.15. The van der Waals surface area contributed by atoms with Crippen molar-refractivity contribution in [2.75, 3.05) is 0 Å². The summed E-state index contributed by atoms with van der Waals surface area (Å²) >= 11 is 4.18. The van der Waals surface area contributed by atoms with Crippen LogP contribution in [0.4, 0.5) is 13.2 Å². The molecule has 1 aromatic rings. The number of aryl methyl sites for hydroxylation is 1. The molecule has 0 aliphatic carbocycles. The predicted molar refractivity (Wildman–Crippen MR) is 58.4 cm³/mol. The number of alkyl halides is 4. The number of hydrogen-bond donors (Lipinski definition) is 0. The molecule has 15 heavy (non-hydrogen) atoms. The highest BCUT2D eigenvalue weighted by Gasteiger charge is 2.34. The van der Waals surface area contributed by atoms with Gasteiger partial charge in [-0.1, -0.05) is 22.9 Å². The van der Waals surface area contributed by atoms with E-state index in [0.717, 1.165) is 24.2 Å². The van der Waals surface area contributed by atoms with Gasteiger partial charge in [0, 0.05) is 15.9 Å². The van der Waals surface area contributed by atoms with Gasteiger partial charge in [-0.05, 0) is 19.3 Å². The second-order valence-electron chi connectivity index (χ2n) is 3.17. The van der Waals surface area contributed by atoms with Crippen molar-refractivity contribution in [3.8, 4) is 0 Å². The Kier molecular flexibility index (Phi) is 4.58. The number of halogens is 4. The second kappa shape index (κ2) is 5.30. The molecule has 1 heterocycles. The first-order chi connectivity index (χ1) is 6.93. The third kappa shape index (κ3) is 4.10. The minimum atomic E-state index is -4.30. The molecule has 0 bridgehead atoms. The first-order valence-corrected chi connectivity index (χ1v) is 6.32. The molecule has 0 saturated heterocycles. The summed E-state index contributed by atoms with van der Waals surface area (Å²) in [5, 5.41) is -0.750. The first kappa shape index (κ1) is 13.0. The van der Waals surface area contributed by atoms with Crippen LogP contribution >= 0.6 is 27.3 Å². The van der Waals surface area contributed by atoms with E-state index >= 15 is 0 Å². The van der Waals surface area contributed by atoms with Crippen molar-refractivity contribution >= 4 is 27.3 Å². The Morgan fingerprint density at radius 3 is 2.67 bits per heavy atom. The predicted octanol–water partition coefficient (Wildman–Crippen LogP) is 4.27. The van der Waals surface area contributed by atoms with Crippen molar-refractivity contribution in [1.82, 2.24) is 4.98 Å². The molecular formula is C9H11BrF3NS. The van der Waals surface area contributed by atoms with Crippen molar-refractivity contribution in [2.24, 2.45) is 0 Å². The van der Waals surface area contributed by atoms with Gasteiger partial charge >= 0.3 is 6.18 Å². The Balaban J connectivity index is 2.54. The van der Waals surface area contributed by atoms with E-state index in [9.17, 15) is 13.2 Å². The molecule has 1 unspecified atom stereocenters. The summed E-state index contributed by atoms with van der Waals surface area (Å²) in [6.45, 7) is 2.03. The number of rotatable bonds is 4. The Morgan fingerprint density at radius 1 is 1.53 bits per heavy atom. The fourth-order valence-corrected chi connectivity index (χ4v) is 2.08. The fraction of sp³-hybridized carbons (Fsp3) is 0.667. The lowest BCUT2D eigenvalue weighted by Crippen LogP contribution is -2.02. The Morgan fingerprint density at radius 2 is 2.20 bits per heavy atom. The maximum absolute atomic E-state index is 12.2. The Labute approximate surface area is 98.8 Å². The quantitative estimate of drug-likeness (QED) is 0.757. The first-order valence-electron chi connectivity index (χ1n) is 4.59. The largest absolute Gasteiger partial charge is 0.443 e. The van der Waals surface area contributed by atoms with Gasteiger partial charge in [-0.3, -0.25) is 0 Å². The smallest absolute Gasteiger partial charge is 0.240 e. The average molecular weight is 302 g/mol. The molecule has 0 N–H and O–H groups in total. The van der Waals surface area contributed by atoms with Gasteiger partial charge in [0.05, 0.1) is 0 Å². The van der Waals surface area contributed by atoms with Crippen LogP contribution in [0.5, 0.6) is 0 Å². The lowest BCUT2D eigenvalue weighted by Gasteiger charge is -2.03. The molecule has 86 valence electrons. The average Bonchev–Trinajstić information content (AvgIpc) is 2.61. The zero-order chi connectivity index (χ0) is 11.5. The standard InChI is InChI=1S/C9H11BrF3NS/c1-2-6(10)3-4-7-5-14-8(15-7)9(11,12)13/h5-6H,2-4H2,1H3. The summed E-state index contributed by atoms with van der Waals surface area (Å²) in [7, 11) is 0. The summed E-state index contributed by atoms with van der Waals surface area (Å²) in [4.78, 5) is 4.43. The normalized spacial score (nSPS) is 14.2. The topological polar surface area (TPSA) is 12.9 Å². The molecule has 0 spiro atoms. The van der Waals surface area contributed by atoms with E-state index in [-0.39, 0.29) is 0 Å². The van der Waals surface area contributed by atoms with Gasteiger partial charge in [-0.15, -0.1) is 11.3 Å². The van der Waals surface area contributed by atoms with Gasteiger partial charge in [0.1, 0.15) is 0 Å². The lowest BCUT2D eigenvalue weighted by atomic mass is 10.2. The van der Waals surface area contributed by atoms with Crippen molar-refractivity contribution < 1.29 is 13.2 Å². The molecule has 0 radical (unpaired) electrons. The maximum atomic E-state index is 12.2. The van der Waals surface area contributed by atoms with Crippen LogP contribution in [0.15, 0.2) is 6.20 Å². The highest BCUT2D eigenvalue weighted by molar-refractivity contribution is 9.09. The molecule has 1 atom stereocenters. The second-order valence-corrected chi connectivity index (χ2v) is 5.58. The van der Waals surface area contributed by atoms with Crippen molar-refractivity contribution in [2.45, 2.75) is 37.2 Å². The minimum absolute atomic E-state index is 0.369. The number of thiazole rings is 1. The molecule has 6 heteroatoms. The molecule has 0 aromatic carbocycles. The van der Waals surface area contributed by atoms with E-state index < -0.39 is 11.2 Å². The van der Waals surface area contributed by atoms with Gasteiger partial charge < -0.3 is 0 Å². The molecule has 0 aliphatic heterocycles. The van der Waals surface area contributed by atoms with Crippen LogP contribution in [0.3, 0.4) is 0 Å². The SMILES string of the molecule is CCC(Br)CCc1cnc(C(F)(F)F)s1. The van der Waals surface area contributed by atoms with Crippen molar-refractivity contribution in [3.05, 3.63) is 16.1 Å². The molecule has 0 fully saturated rings. The van der Waals surface area contributed by atoms with Crippen LogP contribution in [0.25, 0.3) is 0 Å². The van der Waals surface area contributed by atoms with Crippen molar-refractivity contribution in [3.63, 3.8) is 0 Å². The van der Waals surface area contributed by atoms with Gasteiger partial charge in [0.25, 0.3) is 0 Å². The van der Waals surface area contributed by atoms with E-state index in [0.29, 0.717) is 16.1 Å². The number of hydrogen-bond acceptors (Lipinski definition) is 2. The number of nitrogens with zero attached hydrogens (tertiary/aromatic N) is 1. The molecule has 1 aromatic heterocycles. The van der Waals surface area contributed by atoms with Gasteiger partial charge in [-0.25, -0.2) is 4.98 Å². The zero-order valence-electron chi connectivity index (χ0n) is 8.14. The van der Waals surface area contributed by atoms with Crippen LogP contribution < -0.4 is 0 Å². The molecule has 0 saturated carbocycles. The van der Waals surface area contributed by atoms with Gasteiger partial charge in [0.2, 0.25) is 0 Å². The summed E-state index contributed by atoms with van der Waals surface area (Å²) in [6, 6.07) is 0. The van der Waals surface area contributed by atoms with Crippen LogP contribution in [-0.4, -0.2) is 9.81 Å². The lowest BCUT2D eigenvalue weighted by molar-refractivity contribution is -0.137. The zero-order valence-corrected chi connectivity index (χ0v) is 10.5. The van der Waals surface area contributed by atoms with Gasteiger partial charge in [0.15, 0.2) is 5.01 Å². The summed E-state index contributed by atoms with van der Waals surface area (Å²) < 4.78 is 36.6. The van der Waals surface area contributed by atoms with Gasteiger partial charge in [-0.2, -0.15) is 13.2 Å². The molecule has 0 aliphatic rings. The monoisotopic (exact) mass is 301 g/mol. The van der Waals surface area contributed by atoms with Crippen molar-refractivity contribution in [1.29, 1.82) is 0 Å². The van der Waals surface area contributed by atoms with Crippen LogP contribution in [0.2, 0.25) is 0 Å². The molecule has 1 nitrogen and oxygen atoms in total. The van der Waals surface area contributed by atoms with E-state index in [2.05, 4.69) is 20.9 Å². The Hall–Kier alpha value is -0.100. The molecular weight excluding hydrogens is 291 g/mol. The van der Waals surface area contributed by atoms with E-state index in [1.54, 1.807) is 0 Å². The number of aromatic nitrogens is 1. The summed E-state index contributed by atoms with van der Waals surface area (Å²) in [5.74, 6) is 0.